The van der Waals surface area contributed by atoms with Gasteiger partial charge >= 0.3 is 5.97 Å². The molecule has 2 unspecified atom stereocenters. The molecule has 28 heavy (non-hydrogen) atoms. The maximum atomic E-state index is 12.1. The first-order chi connectivity index (χ1) is 13.2. The average molecular weight is 398 g/mol. The summed E-state index contributed by atoms with van der Waals surface area (Å²) in [7, 11) is 0. The van der Waals surface area contributed by atoms with Gasteiger partial charge in [0.2, 0.25) is 0 Å². The zero-order chi connectivity index (χ0) is 20.1. The summed E-state index contributed by atoms with van der Waals surface area (Å²) in [5, 5.41) is 20.3. The van der Waals surface area contributed by atoms with E-state index in [0.717, 1.165) is 29.7 Å². The number of hydrogen-bond donors (Lipinski definition) is 2. The molecule has 2 atom stereocenters. The fourth-order valence-electron chi connectivity index (χ4n) is 4.99. The molecule has 0 radical (unpaired) electrons. The summed E-state index contributed by atoms with van der Waals surface area (Å²) in [6, 6.07) is 14.6. The Balaban J connectivity index is 1.94. The van der Waals surface area contributed by atoms with Crippen molar-refractivity contribution in [1.29, 1.82) is 0 Å². The summed E-state index contributed by atoms with van der Waals surface area (Å²) in [5.41, 5.74) is 2.30. The van der Waals surface area contributed by atoms with Gasteiger partial charge in [-0.1, -0.05) is 49.7 Å². The molecule has 2 aromatic rings. The molecular weight excluding hydrogens is 374 g/mol. The Hall–Kier alpha value is -2.46. The highest BCUT2D eigenvalue weighted by Crippen LogP contribution is 2.56. The summed E-state index contributed by atoms with van der Waals surface area (Å²) >= 11 is 6.09. The standard InChI is InChI=1S/C23H24ClNO3/c1-22(2)11-20-23(12-21(27)28,16-5-9-18(26)10-6-16)19(13-25(20)14-22)15-3-7-17(24)8-4-15/h3-10,13,20,26H,11-12,14H2,1-2H3,(H,27,28). The number of aliphatic carboxylic acids is 1. The van der Waals surface area contributed by atoms with E-state index in [4.69, 9.17) is 11.6 Å². The molecule has 4 nitrogen and oxygen atoms in total. The van der Waals surface area contributed by atoms with Crippen molar-refractivity contribution in [3.05, 3.63) is 70.9 Å². The first kappa shape index (κ1) is 18.9. The molecule has 0 amide bonds. The van der Waals surface area contributed by atoms with Gasteiger partial charge in [0, 0.05) is 23.8 Å². The molecule has 2 aromatic carbocycles. The number of carbonyl (C=O) groups is 1. The van der Waals surface area contributed by atoms with Gasteiger partial charge in [-0.25, -0.2) is 0 Å². The van der Waals surface area contributed by atoms with Crippen LogP contribution < -0.4 is 0 Å². The second-order valence-corrected chi connectivity index (χ2v) is 9.13. The second kappa shape index (κ2) is 6.56. The number of nitrogens with zero attached hydrogens (tertiary/aromatic N) is 1. The maximum Gasteiger partial charge on any atom is 0.304 e. The van der Waals surface area contributed by atoms with Crippen LogP contribution >= 0.6 is 11.6 Å². The van der Waals surface area contributed by atoms with E-state index in [2.05, 4.69) is 24.9 Å². The topological polar surface area (TPSA) is 60.8 Å². The third-order valence-electron chi connectivity index (χ3n) is 6.07. The van der Waals surface area contributed by atoms with Crippen LogP contribution in [0.15, 0.2) is 54.7 Å². The first-order valence-corrected chi connectivity index (χ1v) is 9.84. The monoisotopic (exact) mass is 397 g/mol. The molecule has 1 saturated heterocycles. The lowest BCUT2D eigenvalue weighted by molar-refractivity contribution is -0.138. The Morgan fingerprint density at radius 1 is 1.14 bits per heavy atom. The van der Waals surface area contributed by atoms with Gasteiger partial charge in [0.25, 0.3) is 0 Å². The molecule has 5 heteroatoms. The molecule has 4 rings (SSSR count). The van der Waals surface area contributed by atoms with Crippen LogP contribution in [-0.2, 0) is 10.2 Å². The van der Waals surface area contributed by atoms with Gasteiger partial charge in [-0.15, -0.1) is 0 Å². The van der Waals surface area contributed by atoms with Crippen LogP contribution in [0.1, 0.15) is 37.8 Å². The SMILES string of the molecule is CC1(C)CC2N(C=C(c3ccc(Cl)cc3)C2(CC(=O)O)c2ccc(O)cc2)C1. The number of fused-ring (bicyclic) bond motifs is 1. The molecule has 0 bridgehead atoms. The molecule has 2 heterocycles. The summed E-state index contributed by atoms with van der Waals surface area (Å²) in [4.78, 5) is 14.4. The highest BCUT2D eigenvalue weighted by Gasteiger charge is 2.56. The van der Waals surface area contributed by atoms with Crippen molar-refractivity contribution in [2.45, 2.75) is 38.1 Å². The molecule has 0 saturated carbocycles. The van der Waals surface area contributed by atoms with Crippen molar-refractivity contribution in [3.63, 3.8) is 0 Å². The number of aromatic hydroxyl groups is 1. The fraction of sp³-hybridized carbons (Fsp3) is 0.348. The van der Waals surface area contributed by atoms with Gasteiger partial charge in [-0.2, -0.15) is 0 Å². The van der Waals surface area contributed by atoms with Gasteiger partial charge in [0.15, 0.2) is 0 Å². The van der Waals surface area contributed by atoms with E-state index in [1.165, 1.54) is 0 Å². The first-order valence-electron chi connectivity index (χ1n) is 9.47. The molecule has 2 aliphatic rings. The van der Waals surface area contributed by atoms with Crippen LogP contribution in [0.3, 0.4) is 0 Å². The molecule has 2 N–H and O–H groups in total. The van der Waals surface area contributed by atoms with Crippen LogP contribution in [0, 0.1) is 5.41 Å². The maximum absolute atomic E-state index is 12.1. The van der Waals surface area contributed by atoms with E-state index in [0.29, 0.717) is 5.02 Å². The van der Waals surface area contributed by atoms with E-state index in [9.17, 15) is 15.0 Å². The van der Waals surface area contributed by atoms with Gasteiger partial charge in [0.05, 0.1) is 11.8 Å². The van der Waals surface area contributed by atoms with Crippen molar-refractivity contribution >= 4 is 23.1 Å². The molecule has 0 aromatic heterocycles. The number of benzene rings is 2. The lowest BCUT2D eigenvalue weighted by Crippen LogP contribution is -2.43. The summed E-state index contributed by atoms with van der Waals surface area (Å²) < 4.78 is 0. The number of halogens is 1. The third-order valence-corrected chi connectivity index (χ3v) is 6.32. The number of hydrogen-bond acceptors (Lipinski definition) is 3. The summed E-state index contributed by atoms with van der Waals surface area (Å²) in [6.07, 6.45) is 3.02. The minimum atomic E-state index is -0.834. The zero-order valence-electron chi connectivity index (χ0n) is 16.0. The Labute approximate surface area is 170 Å². The Kier molecular flexibility index (Phi) is 4.42. The fourth-order valence-corrected chi connectivity index (χ4v) is 5.11. The van der Waals surface area contributed by atoms with Crippen molar-refractivity contribution in [2.75, 3.05) is 6.54 Å². The number of carboxylic acid groups (broad SMARTS) is 1. The van der Waals surface area contributed by atoms with E-state index in [-0.39, 0.29) is 23.6 Å². The van der Waals surface area contributed by atoms with Gasteiger partial charge < -0.3 is 15.1 Å². The summed E-state index contributed by atoms with van der Waals surface area (Å²) in [6.45, 7) is 5.33. The van der Waals surface area contributed by atoms with Crippen molar-refractivity contribution in [2.24, 2.45) is 5.41 Å². The minimum Gasteiger partial charge on any atom is -0.508 e. The molecular formula is C23H24ClNO3. The molecule has 1 fully saturated rings. The lowest BCUT2D eigenvalue weighted by atomic mass is 9.64. The quantitative estimate of drug-likeness (QED) is 0.769. The van der Waals surface area contributed by atoms with Crippen LogP contribution in [0.4, 0.5) is 0 Å². The molecule has 0 aliphatic carbocycles. The molecule has 146 valence electrons. The predicted molar refractivity (Wildman–Crippen MR) is 110 cm³/mol. The minimum absolute atomic E-state index is 0.0104. The normalized spacial score (nSPS) is 25.5. The highest BCUT2D eigenvalue weighted by molar-refractivity contribution is 6.30. The largest absolute Gasteiger partial charge is 0.508 e. The number of carboxylic acids is 1. The lowest BCUT2D eigenvalue weighted by Gasteiger charge is -2.38. The van der Waals surface area contributed by atoms with Crippen molar-refractivity contribution in [1.82, 2.24) is 4.90 Å². The van der Waals surface area contributed by atoms with Crippen LogP contribution in [0.25, 0.3) is 5.57 Å². The van der Waals surface area contributed by atoms with Crippen LogP contribution in [0.5, 0.6) is 5.75 Å². The van der Waals surface area contributed by atoms with Crippen molar-refractivity contribution in [3.8, 4) is 5.75 Å². The zero-order valence-corrected chi connectivity index (χ0v) is 16.8. The second-order valence-electron chi connectivity index (χ2n) is 8.69. The Morgan fingerprint density at radius 3 is 2.39 bits per heavy atom. The number of phenolic OH excluding ortho intramolecular Hbond substituents is 1. The Bertz CT molecular complexity index is 933. The highest BCUT2D eigenvalue weighted by atomic mass is 35.5. The third kappa shape index (κ3) is 3.06. The molecule has 0 spiro atoms. The number of rotatable bonds is 4. The van der Waals surface area contributed by atoms with Crippen LogP contribution in [0.2, 0.25) is 5.02 Å². The van der Waals surface area contributed by atoms with Gasteiger partial charge in [-0.3, -0.25) is 4.79 Å². The Morgan fingerprint density at radius 2 is 1.79 bits per heavy atom. The average Bonchev–Trinajstić information content (AvgIpc) is 3.07. The summed E-state index contributed by atoms with van der Waals surface area (Å²) in [5.74, 6) is -0.660. The number of phenols is 1. The van der Waals surface area contributed by atoms with Crippen molar-refractivity contribution < 1.29 is 15.0 Å². The van der Waals surface area contributed by atoms with Gasteiger partial charge in [0.1, 0.15) is 5.75 Å². The van der Waals surface area contributed by atoms with E-state index in [1.54, 1.807) is 12.1 Å². The smallest absolute Gasteiger partial charge is 0.304 e. The van der Waals surface area contributed by atoms with E-state index < -0.39 is 11.4 Å². The predicted octanol–water partition coefficient (Wildman–Crippen LogP) is 4.91. The van der Waals surface area contributed by atoms with Crippen LogP contribution in [-0.4, -0.2) is 33.7 Å². The van der Waals surface area contributed by atoms with Gasteiger partial charge in [-0.05, 0) is 52.8 Å². The molecule has 2 aliphatic heterocycles. The van der Waals surface area contributed by atoms with E-state index >= 15 is 0 Å². The van der Waals surface area contributed by atoms with E-state index in [1.807, 2.05) is 36.4 Å².